The zero-order valence-corrected chi connectivity index (χ0v) is 15.5. The van der Waals surface area contributed by atoms with Crippen LogP contribution in [-0.2, 0) is 0 Å². The van der Waals surface area contributed by atoms with Crippen LogP contribution in [0.25, 0.3) is 11.3 Å². The first kappa shape index (κ1) is 17.2. The molecule has 0 radical (unpaired) electrons. The van der Waals surface area contributed by atoms with Crippen LogP contribution in [0.1, 0.15) is 56.4 Å². The highest BCUT2D eigenvalue weighted by atomic mass is 14.8. The van der Waals surface area contributed by atoms with Crippen molar-refractivity contribution < 1.29 is 0 Å². The zero-order valence-electron chi connectivity index (χ0n) is 15.5. The van der Waals surface area contributed by atoms with E-state index in [2.05, 4.69) is 87.3 Å². The van der Waals surface area contributed by atoms with Gasteiger partial charge in [0.1, 0.15) is 0 Å². The maximum absolute atomic E-state index is 4.87. The first-order valence-electron chi connectivity index (χ1n) is 8.97. The summed E-state index contributed by atoms with van der Waals surface area (Å²) in [5.41, 5.74) is 7.04. The Balaban J connectivity index is 1.94. The molecule has 25 heavy (non-hydrogen) atoms. The summed E-state index contributed by atoms with van der Waals surface area (Å²) in [6.45, 7) is 8.89. The van der Waals surface area contributed by atoms with Crippen LogP contribution in [0.5, 0.6) is 0 Å². The highest BCUT2D eigenvalue weighted by Crippen LogP contribution is 2.34. The van der Waals surface area contributed by atoms with Crippen molar-refractivity contribution in [3.63, 3.8) is 0 Å². The average Bonchev–Trinajstić information content (AvgIpc) is 3.09. The molecule has 0 saturated carbocycles. The predicted octanol–water partition coefficient (Wildman–Crippen LogP) is 6.68. The molecule has 0 atom stereocenters. The van der Waals surface area contributed by atoms with Gasteiger partial charge in [-0.3, -0.25) is 4.99 Å². The number of aromatic nitrogens is 1. The van der Waals surface area contributed by atoms with Gasteiger partial charge in [-0.1, -0.05) is 76.2 Å². The van der Waals surface area contributed by atoms with Gasteiger partial charge in [-0.2, -0.15) is 0 Å². The summed E-state index contributed by atoms with van der Waals surface area (Å²) in [7, 11) is 0. The Bertz CT molecular complexity index is 829. The first-order valence-corrected chi connectivity index (χ1v) is 8.97. The fourth-order valence-corrected chi connectivity index (χ4v) is 3.07. The van der Waals surface area contributed by atoms with Crippen LogP contribution in [0.2, 0.25) is 0 Å². The SMILES string of the molecule is CC(C)c1cccc(C(C)C)c1N=Cc1ccc(-c2ccccc2)[nH]1. The third-order valence-corrected chi connectivity index (χ3v) is 4.47. The van der Waals surface area contributed by atoms with E-state index in [1.807, 2.05) is 12.3 Å². The van der Waals surface area contributed by atoms with Crippen LogP contribution in [0.3, 0.4) is 0 Å². The number of H-pyrrole nitrogens is 1. The molecular weight excluding hydrogens is 304 g/mol. The molecule has 2 aromatic carbocycles. The Hall–Kier alpha value is -2.61. The number of rotatable bonds is 5. The summed E-state index contributed by atoms with van der Waals surface area (Å²) in [6, 6.07) is 21.1. The van der Waals surface area contributed by atoms with Crippen LogP contribution < -0.4 is 0 Å². The van der Waals surface area contributed by atoms with Gasteiger partial charge >= 0.3 is 0 Å². The van der Waals surface area contributed by atoms with Gasteiger partial charge < -0.3 is 4.98 Å². The Morgan fingerprint density at radius 1 is 0.760 bits per heavy atom. The molecule has 2 heteroatoms. The lowest BCUT2D eigenvalue weighted by Gasteiger charge is -2.16. The molecule has 1 aromatic heterocycles. The topological polar surface area (TPSA) is 28.1 Å². The van der Waals surface area contributed by atoms with Gasteiger partial charge in [0.2, 0.25) is 0 Å². The number of hydrogen-bond donors (Lipinski definition) is 1. The van der Waals surface area contributed by atoms with E-state index in [0.29, 0.717) is 11.8 Å². The second-order valence-electron chi connectivity index (χ2n) is 7.05. The quantitative estimate of drug-likeness (QED) is 0.505. The summed E-state index contributed by atoms with van der Waals surface area (Å²) in [5, 5.41) is 0. The standard InChI is InChI=1S/C23H26N2/c1-16(2)20-11-8-12-21(17(3)4)23(20)24-15-19-13-14-22(25-19)18-9-6-5-7-10-18/h5-17,25H,1-4H3. The molecule has 0 spiro atoms. The number of hydrogen-bond acceptors (Lipinski definition) is 1. The van der Waals surface area contributed by atoms with E-state index in [1.54, 1.807) is 0 Å². The lowest BCUT2D eigenvalue weighted by molar-refractivity contribution is 0.835. The minimum Gasteiger partial charge on any atom is -0.354 e. The second-order valence-corrected chi connectivity index (χ2v) is 7.05. The first-order chi connectivity index (χ1) is 12.1. The number of nitrogens with zero attached hydrogens (tertiary/aromatic N) is 1. The number of aliphatic imine (C=N–C) groups is 1. The Kier molecular flexibility index (Phi) is 5.18. The molecule has 3 rings (SSSR count). The molecule has 1 heterocycles. The molecular formula is C23H26N2. The zero-order chi connectivity index (χ0) is 17.8. The van der Waals surface area contributed by atoms with E-state index in [0.717, 1.165) is 17.1 Å². The molecule has 0 amide bonds. The number of benzene rings is 2. The smallest absolute Gasteiger partial charge is 0.0699 e. The largest absolute Gasteiger partial charge is 0.354 e. The fourth-order valence-electron chi connectivity index (χ4n) is 3.07. The van der Waals surface area contributed by atoms with E-state index < -0.39 is 0 Å². The van der Waals surface area contributed by atoms with Crippen LogP contribution in [0, 0.1) is 0 Å². The molecule has 3 aromatic rings. The lowest BCUT2D eigenvalue weighted by atomic mass is 9.93. The fraction of sp³-hybridized carbons (Fsp3) is 0.261. The minimum absolute atomic E-state index is 0.453. The average molecular weight is 330 g/mol. The number of para-hydroxylation sites is 1. The van der Waals surface area contributed by atoms with Gasteiger partial charge in [0.15, 0.2) is 0 Å². The van der Waals surface area contributed by atoms with E-state index in [1.165, 1.54) is 16.7 Å². The molecule has 128 valence electrons. The summed E-state index contributed by atoms with van der Waals surface area (Å²) in [4.78, 5) is 8.32. The van der Waals surface area contributed by atoms with Gasteiger partial charge in [0.05, 0.1) is 17.6 Å². The van der Waals surface area contributed by atoms with Crippen molar-refractivity contribution in [3.05, 3.63) is 77.5 Å². The monoisotopic (exact) mass is 330 g/mol. The Morgan fingerprint density at radius 2 is 1.40 bits per heavy atom. The normalized spacial score (nSPS) is 11.8. The van der Waals surface area contributed by atoms with Crippen LogP contribution in [-0.4, -0.2) is 11.2 Å². The van der Waals surface area contributed by atoms with Crippen molar-refractivity contribution in [2.75, 3.05) is 0 Å². The molecule has 0 saturated heterocycles. The maximum atomic E-state index is 4.87. The van der Waals surface area contributed by atoms with Crippen LogP contribution >= 0.6 is 0 Å². The summed E-state index contributed by atoms with van der Waals surface area (Å²) >= 11 is 0. The van der Waals surface area contributed by atoms with E-state index in [4.69, 9.17) is 4.99 Å². The summed E-state index contributed by atoms with van der Waals surface area (Å²) in [5.74, 6) is 0.906. The Labute approximate surface area is 150 Å². The minimum atomic E-state index is 0.453. The highest BCUT2D eigenvalue weighted by Gasteiger charge is 2.12. The second kappa shape index (κ2) is 7.52. The highest BCUT2D eigenvalue weighted by molar-refractivity contribution is 5.82. The van der Waals surface area contributed by atoms with Gasteiger partial charge in [0.25, 0.3) is 0 Å². The summed E-state index contributed by atoms with van der Waals surface area (Å²) < 4.78 is 0. The maximum Gasteiger partial charge on any atom is 0.0699 e. The third-order valence-electron chi connectivity index (χ3n) is 4.47. The van der Waals surface area contributed by atoms with Crippen molar-refractivity contribution >= 4 is 11.9 Å². The molecule has 1 N–H and O–H groups in total. The molecule has 0 bridgehead atoms. The number of aromatic amines is 1. The van der Waals surface area contributed by atoms with Gasteiger partial charge in [-0.25, -0.2) is 0 Å². The van der Waals surface area contributed by atoms with Crippen molar-refractivity contribution in [1.82, 2.24) is 4.98 Å². The van der Waals surface area contributed by atoms with Crippen molar-refractivity contribution in [2.45, 2.75) is 39.5 Å². The molecule has 0 aliphatic heterocycles. The molecule has 0 aliphatic carbocycles. The van der Waals surface area contributed by atoms with Gasteiger partial charge in [-0.15, -0.1) is 0 Å². The van der Waals surface area contributed by atoms with E-state index in [9.17, 15) is 0 Å². The number of nitrogens with one attached hydrogen (secondary N) is 1. The van der Waals surface area contributed by atoms with Crippen molar-refractivity contribution in [1.29, 1.82) is 0 Å². The summed E-state index contributed by atoms with van der Waals surface area (Å²) in [6.07, 6.45) is 1.94. The molecule has 0 aliphatic rings. The molecule has 0 fully saturated rings. The van der Waals surface area contributed by atoms with Crippen molar-refractivity contribution in [3.8, 4) is 11.3 Å². The van der Waals surface area contributed by atoms with Crippen molar-refractivity contribution in [2.24, 2.45) is 4.99 Å². The predicted molar refractivity (Wildman–Crippen MR) is 108 cm³/mol. The molecule has 0 unspecified atom stereocenters. The van der Waals surface area contributed by atoms with E-state index in [-0.39, 0.29) is 0 Å². The third kappa shape index (κ3) is 3.90. The van der Waals surface area contributed by atoms with Crippen LogP contribution in [0.15, 0.2) is 65.7 Å². The molecule has 2 nitrogen and oxygen atoms in total. The van der Waals surface area contributed by atoms with Gasteiger partial charge in [0, 0.05) is 5.69 Å². The lowest BCUT2D eigenvalue weighted by Crippen LogP contribution is -1.95. The van der Waals surface area contributed by atoms with Crippen LogP contribution in [0.4, 0.5) is 5.69 Å². The Morgan fingerprint density at radius 3 is 2.00 bits per heavy atom. The van der Waals surface area contributed by atoms with E-state index >= 15 is 0 Å². The van der Waals surface area contributed by atoms with Gasteiger partial charge in [-0.05, 0) is 40.7 Å².